The standard InChI is InChI=1S/C25H29BrO9S/c1-12-6-7-17(10-18(12)11-19-8-9-20(26)36-19)21-22(31-13(2)27)23(32-14(3)28)24(33-15(4)29)25(35-21)34-16(5)30/h8-10,21-25H,6-7,11H2,1-5H3/t21?,22-,23+,24-,25-/m0/s1. The van der Waals surface area contributed by atoms with Crippen molar-refractivity contribution in [3.63, 3.8) is 0 Å². The highest BCUT2D eigenvalue weighted by Crippen LogP contribution is 2.38. The van der Waals surface area contributed by atoms with Crippen molar-refractivity contribution in [2.45, 2.75) is 84.6 Å². The van der Waals surface area contributed by atoms with Crippen LogP contribution in [0.15, 0.2) is 38.7 Å². The van der Waals surface area contributed by atoms with Crippen LogP contribution < -0.4 is 0 Å². The largest absolute Gasteiger partial charge is 0.455 e. The van der Waals surface area contributed by atoms with Gasteiger partial charge in [-0.25, -0.2) is 0 Å². The summed E-state index contributed by atoms with van der Waals surface area (Å²) in [5.41, 5.74) is 3.09. The zero-order valence-electron chi connectivity index (χ0n) is 20.7. The Hall–Kier alpha value is -2.50. The molecule has 1 fully saturated rings. The number of hydrogen-bond donors (Lipinski definition) is 0. The minimum Gasteiger partial charge on any atom is -0.455 e. The Bertz CT molecular complexity index is 1090. The van der Waals surface area contributed by atoms with Gasteiger partial charge in [0.05, 0.1) is 3.79 Å². The molecule has 5 atom stereocenters. The molecule has 0 N–H and O–H groups in total. The van der Waals surface area contributed by atoms with Gasteiger partial charge in [0.1, 0.15) is 6.10 Å². The second-order valence-corrected chi connectivity index (χ2v) is 11.2. The van der Waals surface area contributed by atoms with Crippen molar-refractivity contribution in [3.8, 4) is 0 Å². The molecule has 1 aromatic rings. The Balaban J connectivity index is 2.04. The van der Waals surface area contributed by atoms with Crippen molar-refractivity contribution >= 4 is 51.1 Å². The van der Waals surface area contributed by atoms with Crippen molar-refractivity contribution in [3.05, 3.63) is 43.6 Å². The van der Waals surface area contributed by atoms with E-state index in [1.54, 1.807) is 11.3 Å². The van der Waals surface area contributed by atoms with E-state index >= 15 is 0 Å². The summed E-state index contributed by atoms with van der Waals surface area (Å²) < 4.78 is 28.9. The lowest BCUT2D eigenvalue weighted by Gasteiger charge is -2.45. The average molecular weight is 585 g/mol. The summed E-state index contributed by atoms with van der Waals surface area (Å²) in [6.45, 7) is 6.82. The highest BCUT2D eigenvalue weighted by atomic mass is 79.9. The molecule has 9 nitrogen and oxygen atoms in total. The molecule has 0 saturated carbocycles. The van der Waals surface area contributed by atoms with Crippen molar-refractivity contribution in [1.82, 2.24) is 0 Å². The maximum Gasteiger partial charge on any atom is 0.305 e. The molecule has 0 amide bonds. The van der Waals surface area contributed by atoms with Crippen LogP contribution in [0, 0.1) is 0 Å². The van der Waals surface area contributed by atoms with Gasteiger partial charge in [0.15, 0.2) is 12.2 Å². The van der Waals surface area contributed by atoms with Crippen LogP contribution in [0.3, 0.4) is 0 Å². The Kier molecular flexibility index (Phi) is 9.48. The molecule has 0 spiro atoms. The number of rotatable bonds is 7. The molecule has 1 aliphatic carbocycles. The first-order valence-corrected chi connectivity index (χ1v) is 13.0. The first kappa shape index (κ1) is 28.1. The Morgan fingerprint density at radius 1 is 0.889 bits per heavy atom. The Labute approximate surface area is 221 Å². The van der Waals surface area contributed by atoms with Gasteiger partial charge in [-0.15, -0.1) is 11.3 Å². The summed E-state index contributed by atoms with van der Waals surface area (Å²) in [6, 6.07) is 4.04. The van der Waals surface area contributed by atoms with E-state index in [9.17, 15) is 19.2 Å². The minimum absolute atomic E-state index is 0.587. The number of carbonyl (C=O) groups is 4. The number of halogens is 1. The van der Waals surface area contributed by atoms with Crippen LogP contribution in [0.1, 0.15) is 52.3 Å². The fraction of sp³-hybridized carbons (Fsp3) is 0.520. The van der Waals surface area contributed by atoms with E-state index in [-0.39, 0.29) is 0 Å². The lowest BCUT2D eigenvalue weighted by molar-refractivity contribution is -0.289. The van der Waals surface area contributed by atoms with Crippen molar-refractivity contribution in [2.75, 3.05) is 0 Å². The molecule has 1 unspecified atom stereocenters. The molecule has 2 heterocycles. The second-order valence-electron chi connectivity index (χ2n) is 8.66. The summed E-state index contributed by atoms with van der Waals surface area (Å²) in [5.74, 6) is -2.71. The van der Waals surface area contributed by atoms with E-state index in [1.807, 2.05) is 18.2 Å². The van der Waals surface area contributed by atoms with Gasteiger partial charge in [-0.2, -0.15) is 0 Å². The van der Waals surface area contributed by atoms with Gasteiger partial charge in [0, 0.05) is 39.0 Å². The summed E-state index contributed by atoms with van der Waals surface area (Å²) in [5, 5.41) is 0. The molecule has 3 rings (SSSR count). The van der Waals surface area contributed by atoms with E-state index in [4.69, 9.17) is 23.7 Å². The fourth-order valence-corrected chi connectivity index (χ4v) is 5.81. The highest BCUT2D eigenvalue weighted by molar-refractivity contribution is 9.11. The van der Waals surface area contributed by atoms with Gasteiger partial charge in [-0.1, -0.05) is 11.6 Å². The van der Waals surface area contributed by atoms with Crippen molar-refractivity contribution in [2.24, 2.45) is 0 Å². The lowest BCUT2D eigenvalue weighted by Crippen LogP contribution is -2.62. The van der Waals surface area contributed by atoms with E-state index < -0.39 is 54.6 Å². The zero-order valence-corrected chi connectivity index (χ0v) is 23.1. The normalized spacial score (nSPS) is 26.1. The molecule has 0 radical (unpaired) electrons. The maximum atomic E-state index is 12.1. The molecule has 11 heteroatoms. The summed E-state index contributed by atoms with van der Waals surface area (Å²) in [4.78, 5) is 49.0. The van der Waals surface area contributed by atoms with Crippen LogP contribution >= 0.6 is 27.3 Å². The van der Waals surface area contributed by atoms with Crippen LogP contribution in [-0.4, -0.2) is 54.6 Å². The SMILES string of the molecule is CC(=O)O[C@H]1OC(C2=CC(Cc3ccc(Br)s3)=C(C)CC2)[C@H](OC(C)=O)[C@@H](OC(C)=O)[C@@H]1OC(C)=O. The minimum atomic E-state index is -1.38. The van der Waals surface area contributed by atoms with Crippen LogP contribution in [0.2, 0.25) is 0 Å². The summed E-state index contributed by atoms with van der Waals surface area (Å²) in [7, 11) is 0. The third-order valence-electron chi connectivity index (χ3n) is 5.74. The van der Waals surface area contributed by atoms with Crippen molar-refractivity contribution in [1.29, 1.82) is 0 Å². The van der Waals surface area contributed by atoms with Crippen LogP contribution in [-0.2, 0) is 49.3 Å². The smallest absolute Gasteiger partial charge is 0.305 e. The molecule has 196 valence electrons. The predicted octanol–water partition coefficient (Wildman–Crippen LogP) is 4.17. The third-order valence-corrected chi connectivity index (χ3v) is 7.36. The first-order chi connectivity index (χ1) is 16.9. The molecule has 1 aliphatic heterocycles. The fourth-order valence-electron chi connectivity index (χ4n) is 4.30. The van der Waals surface area contributed by atoms with Gasteiger partial charge >= 0.3 is 23.9 Å². The van der Waals surface area contributed by atoms with E-state index in [1.165, 1.54) is 31.2 Å². The van der Waals surface area contributed by atoms with E-state index in [0.29, 0.717) is 12.8 Å². The summed E-state index contributed by atoms with van der Waals surface area (Å²) in [6.07, 6.45) is -1.99. The predicted molar refractivity (Wildman–Crippen MR) is 133 cm³/mol. The number of esters is 4. The molecule has 36 heavy (non-hydrogen) atoms. The molecule has 2 aliphatic rings. The van der Waals surface area contributed by atoms with E-state index in [2.05, 4.69) is 22.9 Å². The average Bonchev–Trinajstić information content (AvgIpc) is 3.17. The van der Waals surface area contributed by atoms with E-state index in [0.717, 1.165) is 28.3 Å². The molecular weight excluding hydrogens is 556 g/mol. The molecule has 1 saturated heterocycles. The zero-order chi connectivity index (χ0) is 26.6. The number of ether oxygens (including phenoxy) is 5. The van der Waals surface area contributed by atoms with Gasteiger partial charge in [-0.05, 0) is 59.0 Å². The van der Waals surface area contributed by atoms with Crippen LogP contribution in [0.5, 0.6) is 0 Å². The first-order valence-electron chi connectivity index (χ1n) is 11.4. The number of carbonyl (C=O) groups excluding carboxylic acids is 4. The monoisotopic (exact) mass is 584 g/mol. The third kappa shape index (κ3) is 7.27. The topological polar surface area (TPSA) is 114 Å². The Morgan fingerprint density at radius 2 is 1.47 bits per heavy atom. The van der Waals surface area contributed by atoms with Crippen LogP contribution in [0.4, 0.5) is 0 Å². The molecular formula is C25H29BrO9S. The second kappa shape index (κ2) is 12.2. The van der Waals surface area contributed by atoms with Gasteiger partial charge in [-0.3, -0.25) is 19.2 Å². The number of allylic oxidation sites excluding steroid dienone is 3. The highest BCUT2D eigenvalue weighted by Gasteiger charge is 2.54. The number of thiophene rings is 1. The molecule has 1 aromatic heterocycles. The molecule has 0 aromatic carbocycles. The van der Waals surface area contributed by atoms with Gasteiger partial charge in [0.2, 0.25) is 12.4 Å². The Morgan fingerprint density at radius 3 is 2.03 bits per heavy atom. The molecule has 0 bridgehead atoms. The van der Waals surface area contributed by atoms with Gasteiger partial charge < -0.3 is 23.7 Å². The number of hydrogen-bond acceptors (Lipinski definition) is 10. The van der Waals surface area contributed by atoms with Crippen molar-refractivity contribution < 1.29 is 42.9 Å². The van der Waals surface area contributed by atoms with Gasteiger partial charge in [0.25, 0.3) is 0 Å². The lowest BCUT2D eigenvalue weighted by atomic mass is 9.84. The summed E-state index contributed by atoms with van der Waals surface area (Å²) >= 11 is 5.13. The quantitative estimate of drug-likeness (QED) is 0.344. The maximum absolute atomic E-state index is 12.1. The van der Waals surface area contributed by atoms with Crippen LogP contribution in [0.25, 0.3) is 0 Å².